The second-order valence-electron chi connectivity index (χ2n) is 4.92. The van der Waals surface area contributed by atoms with Gasteiger partial charge in [-0.05, 0) is 36.4 Å². The van der Waals surface area contributed by atoms with E-state index >= 15 is 0 Å². The Bertz CT molecular complexity index is 997. The van der Waals surface area contributed by atoms with Crippen LogP contribution < -0.4 is 11.2 Å². The second kappa shape index (κ2) is 5.40. The molecule has 1 aromatic heterocycles. The minimum atomic E-state index is -1.39. The Morgan fingerprint density at radius 2 is 1.87 bits per heavy atom. The largest absolute Gasteiger partial charge is 0.477 e. The number of nitrogens with two attached hydrogens (primary N) is 1. The third-order valence-electron chi connectivity index (χ3n) is 3.45. The summed E-state index contributed by atoms with van der Waals surface area (Å²) in [5, 5.41) is 8.98. The molecule has 0 bridgehead atoms. The van der Waals surface area contributed by atoms with Gasteiger partial charge in [-0.25, -0.2) is 9.18 Å². The van der Waals surface area contributed by atoms with Gasteiger partial charge < -0.3 is 15.4 Å². The van der Waals surface area contributed by atoms with Gasteiger partial charge in [-0.2, -0.15) is 0 Å². The number of benzene rings is 2. The number of carboxylic acids is 1. The summed E-state index contributed by atoms with van der Waals surface area (Å²) in [6, 6.07) is 8.80. The number of carboxylic acid groups (broad SMARTS) is 1. The maximum Gasteiger partial charge on any atom is 0.341 e. The molecule has 3 N–H and O–H groups in total. The molecule has 2 aromatic carbocycles. The van der Waals surface area contributed by atoms with E-state index < -0.39 is 22.8 Å². The van der Waals surface area contributed by atoms with Crippen molar-refractivity contribution in [3.63, 3.8) is 0 Å². The van der Waals surface area contributed by atoms with Crippen LogP contribution >= 0.6 is 11.6 Å². The predicted molar refractivity (Wildman–Crippen MR) is 85.9 cm³/mol. The molecule has 0 amide bonds. The average Bonchev–Trinajstić information content (AvgIpc) is 2.50. The van der Waals surface area contributed by atoms with E-state index in [0.717, 1.165) is 6.07 Å². The average molecular weight is 333 g/mol. The molecule has 23 heavy (non-hydrogen) atoms. The molecule has 5 nitrogen and oxygen atoms in total. The fourth-order valence-corrected chi connectivity index (χ4v) is 2.48. The van der Waals surface area contributed by atoms with Gasteiger partial charge in [0.2, 0.25) is 5.43 Å². The van der Waals surface area contributed by atoms with Gasteiger partial charge in [0.1, 0.15) is 11.4 Å². The number of halogens is 2. The Hall–Kier alpha value is -2.86. The smallest absolute Gasteiger partial charge is 0.341 e. The Morgan fingerprint density at radius 1 is 1.22 bits per heavy atom. The molecule has 0 aliphatic rings. The molecule has 3 rings (SSSR count). The van der Waals surface area contributed by atoms with E-state index in [1.54, 1.807) is 24.3 Å². The summed E-state index contributed by atoms with van der Waals surface area (Å²) >= 11 is 5.80. The third kappa shape index (κ3) is 2.53. The topological polar surface area (TPSA) is 85.3 Å². The van der Waals surface area contributed by atoms with Gasteiger partial charge >= 0.3 is 5.97 Å². The van der Waals surface area contributed by atoms with Crippen LogP contribution in [0.1, 0.15) is 10.4 Å². The molecule has 3 aromatic rings. The fourth-order valence-electron chi connectivity index (χ4n) is 2.32. The molecule has 0 spiro atoms. The number of rotatable bonds is 2. The van der Waals surface area contributed by atoms with Crippen molar-refractivity contribution >= 4 is 34.2 Å². The highest BCUT2D eigenvalue weighted by molar-refractivity contribution is 6.31. The molecule has 0 unspecified atom stereocenters. The van der Waals surface area contributed by atoms with E-state index in [1.165, 1.54) is 16.8 Å². The van der Waals surface area contributed by atoms with Crippen molar-refractivity contribution in [2.24, 2.45) is 0 Å². The molecule has 0 radical (unpaired) electrons. The molecule has 0 aliphatic carbocycles. The summed E-state index contributed by atoms with van der Waals surface area (Å²) in [5.74, 6) is -2.18. The summed E-state index contributed by atoms with van der Waals surface area (Å²) < 4.78 is 15.2. The van der Waals surface area contributed by atoms with Gasteiger partial charge in [-0.15, -0.1) is 0 Å². The highest BCUT2D eigenvalue weighted by atomic mass is 35.5. The fraction of sp³-hybridized carbons (Fsp3) is 0. The van der Waals surface area contributed by atoms with E-state index in [2.05, 4.69) is 0 Å². The maximum atomic E-state index is 13.7. The zero-order chi connectivity index (χ0) is 16.7. The van der Waals surface area contributed by atoms with E-state index in [-0.39, 0.29) is 10.4 Å². The number of carbonyl (C=O) groups is 1. The monoisotopic (exact) mass is 332 g/mol. The number of pyridine rings is 1. The van der Waals surface area contributed by atoms with Gasteiger partial charge in [0, 0.05) is 23.0 Å². The molecule has 116 valence electrons. The molecule has 1 heterocycles. The quantitative estimate of drug-likeness (QED) is 0.706. The number of aromatic nitrogens is 1. The Kier molecular flexibility index (Phi) is 3.54. The van der Waals surface area contributed by atoms with Crippen LogP contribution in [-0.2, 0) is 0 Å². The minimum Gasteiger partial charge on any atom is -0.477 e. The standard InChI is InChI=1S/C16H10ClFN2O3/c17-12-6-14-10(5-13(12)18)15(21)11(16(22)23)7-20(14)9-3-1-8(19)2-4-9/h1-7H,19H2,(H,22,23). The van der Waals surface area contributed by atoms with Gasteiger partial charge in [0.25, 0.3) is 0 Å². The number of anilines is 1. The molecular weight excluding hydrogens is 323 g/mol. The molecule has 0 atom stereocenters. The van der Waals surface area contributed by atoms with Crippen molar-refractivity contribution in [3.8, 4) is 5.69 Å². The van der Waals surface area contributed by atoms with Gasteiger partial charge in [0.15, 0.2) is 0 Å². The first-order valence-corrected chi connectivity index (χ1v) is 6.90. The molecule has 0 saturated heterocycles. The van der Waals surface area contributed by atoms with Crippen molar-refractivity contribution in [1.82, 2.24) is 4.57 Å². The lowest BCUT2D eigenvalue weighted by atomic mass is 10.1. The molecule has 0 aliphatic heterocycles. The number of hydrogen-bond acceptors (Lipinski definition) is 3. The van der Waals surface area contributed by atoms with Crippen LogP contribution in [0.3, 0.4) is 0 Å². The Morgan fingerprint density at radius 3 is 2.48 bits per heavy atom. The summed E-state index contributed by atoms with van der Waals surface area (Å²) in [6.07, 6.45) is 1.19. The van der Waals surface area contributed by atoms with E-state index in [0.29, 0.717) is 16.9 Å². The van der Waals surface area contributed by atoms with Crippen LogP contribution in [0.25, 0.3) is 16.6 Å². The first kappa shape index (κ1) is 15.1. The van der Waals surface area contributed by atoms with E-state index in [4.69, 9.17) is 17.3 Å². The van der Waals surface area contributed by atoms with Crippen molar-refractivity contribution in [2.45, 2.75) is 0 Å². The van der Waals surface area contributed by atoms with Crippen molar-refractivity contribution in [1.29, 1.82) is 0 Å². The maximum absolute atomic E-state index is 13.7. The lowest BCUT2D eigenvalue weighted by Crippen LogP contribution is -2.18. The van der Waals surface area contributed by atoms with Crippen LogP contribution in [0.15, 0.2) is 47.4 Å². The molecule has 0 fully saturated rings. The van der Waals surface area contributed by atoms with Gasteiger partial charge in [0.05, 0.1) is 10.5 Å². The summed E-state index contributed by atoms with van der Waals surface area (Å²) in [6.45, 7) is 0. The highest BCUT2D eigenvalue weighted by Crippen LogP contribution is 2.24. The van der Waals surface area contributed by atoms with Gasteiger partial charge in [-0.1, -0.05) is 11.6 Å². The van der Waals surface area contributed by atoms with Crippen molar-refractivity contribution in [2.75, 3.05) is 5.73 Å². The number of nitrogens with zero attached hydrogens (tertiary/aromatic N) is 1. The van der Waals surface area contributed by atoms with Crippen LogP contribution in [0.2, 0.25) is 5.02 Å². The second-order valence-corrected chi connectivity index (χ2v) is 5.33. The zero-order valence-corrected chi connectivity index (χ0v) is 12.3. The first-order chi connectivity index (χ1) is 10.9. The third-order valence-corrected chi connectivity index (χ3v) is 3.74. The normalized spacial score (nSPS) is 10.9. The number of aromatic carboxylic acids is 1. The van der Waals surface area contributed by atoms with Crippen LogP contribution in [-0.4, -0.2) is 15.6 Å². The molecular formula is C16H10ClFN2O3. The lowest BCUT2D eigenvalue weighted by Gasteiger charge is -2.13. The number of nitrogen functional groups attached to an aromatic ring is 1. The summed E-state index contributed by atoms with van der Waals surface area (Å²) in [4.78, 5) is 23.5. The van der Waals surface area contributed by atoms with Crippen molar-refractivity contribution < 1.29 is 14.3 Å². The van der Waals surface area contributed by atoms with Crippen molar-refractivity contribution in [3.05, 3.63) is 69.2 Å². The minimum absolute atomic E-state index is 0.0661. The van der Waals surface area contributed by atoms with Gasteiger partial charge in [-0.3, -0.25) is 4.79 Å². The SMILES string of the molecule is Nc1ccc(-n2cc(C(=O)O)c(=O)c3cc(F)c(Cl)cc32)cc1. The Labute approximate surface area is 134 Å². The van der Waals surface area contributed by atoms with Crippen LogP contribution in [0, 0.1) is 5.82 Å². The summed E-state index contributed by atoms with van der Waals surface area (Å²) in [5.41, 5.74) is 5.80. The lowest BCUT2D eigenvalue weighted by molar-refractivity contribution is 0.0695. The highest BCUT2D eigenvalue weighted by Gasteiger charge is 2.17. The van der Waals surface area contributed by atoms with Crippen LogP contribution in [0.5, 0.6) is 0 Å². The number of hydrogen-bond donors (Lipinski definition) is 2. The van der Waals surface area contributed by atoms with E-state index in [1.807, 2.05) is 0 Å². The zero-order valence-electron chi connectivity index (χ0n) is 11.6. The Balaban J connectivity index is 2.46. The first-order valence-electron chi connectivity index (χ1n) is 6.52. The predicted octanol–water partition coefficient (Wildman–Crippen LogP) is 3.06. The summed E-state index contributed by atoms with van der Waals surface area (Å²) in [7, 11) is 0. The van der Waals surface area contributed by atoms with Crippen LogP contribution in [0.4, 0.5) is 10.1 Å². The molecule has 0 saturated carbocycles. The molecule has 7 heteroatoms. The number of fused-ring (bicyclic) bond motifs is 1. The van der Waals surface area contributed by atoms with E-state index in [9.17, 15) is 19.1 Å².